The second kappa shape index (κ2) is 10.6. The molecule has 1 saturated heterocycles. The third-order valence-electron chi connectivity index (χ3n) is 5.28. The molecule has 1 N–H and O–H groups in total. The first kappa shape index (κ1) is 21.6. The van der Waals surface area contributed by atoms with E-state index in [2.05, 4.69) is 31.6 Å². The molecule has 0 bridgehead atoms. The highest BCUT2D eigenvalue weighted by Gasteiger charge is 2.16. The lowest BCUT2D eigenvalue weighted by Crippen LogP contribution is -2.32. The average Bonchev–Trinajstić information content (AvgIpc) is 3.10. The predicted octanol–water partition coefficient (Wildman–Crippen LogP) is 3.84. The number of amides is 1. The van der Waals surface area contributed by atoms with Crippen molar-refractivity contribution < 1.29 is 4.79 Å². The zero-order valence-corrected chi connectivity index (χ0v) is 18.3. The Labute approximate surface area is 177 Å². The lowest BCUT2D eigenvalue weighted by molar-refractivity contribution is -0.113. The fourth-order valence-corrected chi connectivity index (χ4v) is 4.45. The lowest BCUT2D eigenvalue weighted by atomic mass is 10.1. The Bertz CT molecular complexity index is 821. The first-order valence-corrected chi connectivity index (χ1v) is 11.3. The SMILES string of the molecule is C=CCn1c(CCN2CCCCC2)nnc1SCC(=O)Nc1c(C)cccc1C. The molecule has 1 aromatic carbocycles. The molecule has 0 aliphatic carbocycles. The van der Waals surface area contributed by atoms with Gasteiger partial charge in [-0.15, -0.1) is 16.8 Å². The first-order valence-electron chi connectivity index (χ1n) is 10.3. The zero-order valence-electron chi connectivity index (χ0n) is 17.5. The smallest absolute Gasteiger partial charge is 0.234 e. The number of nitrogens with one attached hydrogen (secondary N) is 1. The van der Waals surface area contributed by atoms with Crippen LogP contribution < -0.4 is 5.32 Å². The Morgan fingerprint density at radius 3 is 2.62 bits per heavy atom. The van der Waals surface area contributed by atoms with Gasteiger partial charge in [0.1, 0.15) is 5.82 Å². The molecule has 156 valence electrons. The van der Waals surface area contributed by atoms with Crippen LogP contribution in [0.25, 0.3) is 0 Å². The van der Waals surface area contributed by atoms with Crippen LogP contribution in [0.5, 0.6) is 0 Å². The molecule has 1 fully saturated rings. The van der Waals surface area contributed by atoms with Crippen LogP contribution in [0.4, 0.5) is 5.69 Å². The van der Waals surface area contributed by atoms with E-state index >= 15 is 0 Å². The number of allylic oxidation sites excluding steroid dienone is 1. The number of para-hydroxylation sites is 1. The molecule has 0 unspecified atom stereocenters. The fourth-order valence-electron chi connectivity index (χ4n) is 3.68. The van der Waals surface area contributed by atoms with Crippen LogP contribution in [0, 0.1) is 13.8 Å². The summed E-state index contributed by atoms with van der Waals surface area (Å²) in [6.45, 7) is 11.9. The van der Waals surface area contributed by atoms with E-state index in [9.17, 15) is 4.79 Å². The van der Waals surface area contributed by atoms with Crippen molar-refractivity contribution in [3.63, 3.8) is 0 Å². The minimum Gasteiger partial charge on any atom is -0.325 e. The summed E-state index contributed by atoms with van der Waals surface area (Å²) in [7, 11) is 0. The highest BCUT2D eigenvalue weighted by atomic mass is 32.2. The molecule has 0 atom stereocenters. The molecular weight excluding hydrogens is 382 g/mol. The number of rotatable bonds is 9. The Morgan fingerprint density at radius 2 is 1.93 bits per heavy atom. The number of benzene rings is 1. The summed E-state index contributed by atoms with van der Waals surface area (Å²) in [6.07, 6.45) is 6.64. The van der Waals surface area contributed by atoms with E-state index in [0.29, 0.717) is 12.3 Å². The molecule has 3 rings (SSSR count). The predicted molar refractivity (Wildman–Crippen MR) is 119 cm³/mol. The standard InChI is InChI=1S/C22H31N5OS/c1-4-12-27-19(11-15-26-13-6-5-7-14-26)24-25-22(27)29-16-20(28)23-21-17(2)9-8-10-18(21)3/h4,8-10H,1,5-7,11-16H2,2-3H3,(H,23,28). The summed E-state index contributed by atoms with van der Waals surface area (Å²) >= 11 is 1.42. The third-order valence-corrected chi connectivity index (χ3v) is 6.25. The molecule has 1 aliphatic heterocycles. The van der Waals surface area contributed by atoms with E-state index in [4.69, 9.17) is 0 Å². The second-order valence-corrected chi connectivity index (χ2v) is 8.50. The van der Waals surface area contributed by atoms with E-state index in [1.165, 1.54) is 44.1 Å². The first-order chi connectivity index (χ1) is 14.1. The van der Waals surface area contributed by atoms with Crippen LogP contribution in [0.1, 0.15) is 36.2 Å². The van der Waals surface area contributed by atoms with Gasteiger partial charge in [-0.2, -0.15) is 0 Å². The van der Waals surface area contributed by atoms with Gasteiger partial charge in [0.2, 0.25) is 5.91 Å². The maximum Gasteiger partial charge on any atom is 0.234 e. The molecule has 1 aliphatic rings. The molecule has 0 saturated carbocycles. The van der Waals surface area contributed by atoms with Crippen molar-refractivity contribution in [2.45, 2.75) is 51.2 Å². The Hall–Kier alpha value is -2.12. The molecule has 0 radical (unpaired) electrons. The van der Waals surface area contributed by atoms with Crippen molar-refractivity contribution in [2.24, 2.45) is 0 Å². The van der Waals surface area contributed by atoms with Crippen molar-refractivity contribution in [3.05, 3.63) is 47.8 Å². The molecule has 6 nitrogen and oxygen atoms in total. The monoisotopic (exact) mass is 413 g/mol. The molecule has 1 aromatic heterocycles. The maximum atomic E-state index is 12.5. The van der Waals surface area contributed by atoms with E-state index in [-0.39, 0.29) is 5.91 Å². The van der Waals surface area contributed by atoms with Gasteiger partial charge >= 0.3 is 0 Å². The van der Waals surface area contributed by atoms with Gasteiger partial charge < -0.3 is 14.8 Å². The van der Waals surface area contributed by atoms with Crippen molar-refractivity contribution >= 4 is 23.4 Å². The Balaban J connectivity index is 1.59. The summed E-state index contributed by atoms with van der Waals surface area (Å²) in [5.74, 6) is 1.23. The topological polar surface area (TPSA) is 63.1 Å². The van der Waals surface area contributed by atoms with Gasteiger partial charge in [0.15, 0.2) is 5.16 Å². The quantitative estimate of drug-likeness (QED) is 0.500. The van der Waals surface area contributed by atoms with Crippen LogP contribution in [0.2, 0.25) is 0 Å². The molecular formula is C22H31N5OS. The van der Waals surface area contributed by atoms with Crippen LogP contribution in [0.3, 0.4) is 0 Å². The van der Waals surface area contributed by atoms with E-state index in [1.54, 1.807) is 0 Å². The number of hydrogen-bond donors (Lipinski definition) is 1. The van der Waals surface area contributed by atoms with Crippen molar-refractivity contribution in [2.75, 3.05) is 30.7 Å². The minimum atomic E-state index is -0.0320. The summed E-state index contributed by atoms with van der Waals surface area (Å²) in [4.78, 5) is 15.0. The third kappa shape index (κ3) is 5.93. The summed E-state index contributed by atoms with van der Waals surface area (Å²) in [5, 5.41) is 12.5. The van der Waals surface area contributed by atoms with Gasteiger partial charge in [-0.3, -0.25) is 4.79 Å². The van der Waals surface area contributed by atoms with Gasteiger partial charge in [0, 0.05) is 25.2 Å². The minimum absolute atomic E-state index is 0.0320. The van der Waals surface area contributed by atoms with Gasteiger partial charge in [-0.1, -0.05) is 42.5 Å². The van der Waals surface area contributed by atoms with Crippen LogP contribution >= 0.6 is 11.8 Å². The van der Waals surface area contributed by atoms with Crippen molar-refractivity contribution in [1.82, 2.24) is 19.7 Å². The number of nitrogens with zero attached hydrogens (tertiary/aromatic N) is 4. The number of carbonyl (C=O) groups excluding carboxylic acids is 1. The number of aromatic nitrogens is 3. The zero-order chi connectivity index (χ0) is 20.6. The number of likely N-dealkylation sites (tertiary alicyclic amines) is 1. The number of carbonyl (C=O) groups is 1. The highest BCUT2D eigenvalue weighted by Crippen LogP contribution is 2.22. The summed E-state index contributed by atoms with van der Waals surface area (Å²) < 4.78 is 2.08. The van der Waals surface area contributed by atoms with E-state index in [1.807, 2.05) is 38.1 Å². The van der Waals surface area contributed by atoms with Gasteiger partial charge in [-0.25, -0.2) is 0 Å². The number of hydrogen-bond acceptors (Lipinski definition) is 5. The van der Waals surface area contributed by atoms with E-state index < -0.39 is 0 Å². The van der Waals surface area contributed by atoms with E-state index in [0.717, 1.165) is 40.8 Å². The highest BCUT2D eigenvalue weighted by molar-refractivity contribution is 7.99. The van der Waals surface area contributed by atoms with Crippen LogP contribution in [0.15, 0.2) is 36.0 Å². The number of piperidine rings is 1. The van der Waals surface area contributed by atoms with Crippen LogP contribution in [-0.4, -0.2) is 51.0 Å². The molecule has 1 amide bonds. The maximum absolute atomic E-state index is 12.5. The average molecular weight is 414 g/mol. The Kier molecular flexibility index (Phi) is 7.89. The molecule has 2 aromatic rings. The van der Waals surface area contributed by atoms with Gasteiger partial charge in [-0.05, 0) is 50.9 Å². The normalized spacial score (nSPS) is 14.7. The lowest BCUT2D eigenvalue weighted by Gasteiger charge is -2.26. The molecule has 29 heavy (non-hydrogen) atoms. The summed E-state index contributed by atoms with van der Waals surface area (Å²) in [5.41, 5.74) is 3.03. The van der Waals surface area contributed by atoms with Gasteiger partial charge in [0.05, 0.1) is 5.75 Å². The van der Waals surface area contributed by atoms with Gasteiger partial charge in [0.25, 0.3) is 0 Å². The fraction of sp³-hybridized carbons (Fsp3) is 0.500. The second-order valence-electron chi connectivity index (χ2n) is 7.55. The summed E-state index contributed by atoms with van der Waals surface area (Å²) in [6, 6.07) is 6.01. The molecule has 2 heterocycles. The number of thioether (sulfide) groups is 1. The largest absolute Gasteiger partial charge is 0.325 e. The van der Waals surface area contributed by atoms with Crippen molar-refractivity contribution in [1.29, 1.82) is 0 Å². The number of aryl methyl sites for hydroxylation is 2. The Morgan fingerprint density at radius 1 is 1.21 bits per heavy atom. The molecule has 0 spiro atoms. The number of anilines is 1. The van der Waals surface area contributed by atoms with Crippen LogP contribution in [-0.2, 0) is 17.8 Å². The van der Waals surface area contributed by atoms with Crippen molar-refractivity contribution in [3.8, 4) is 0 Å². The molecule has 7 heteroatoms.